The molecule has 1 fully saturated rings. The van der Waals surface area contributed by atoms with E-state index in [4.69, 9.17) is 0 Å². The Balaban J connectivity index is 1.89. The van der Waals surface area contributed by atoms with Crippen molar-refractivity contribution in [2.45, 2.75) is 25.9 Å². The van der Waals surface area contributed by atoms with E-state index in [2.05, 4.69) is 40.1 Å². The number of benzene rings is 1. The van der Waals surface area contributed by atoms with Crippen molar-refractivity contribution in [2.75, 3.05) is 20.1 Å². The van der Waals surface area contributed by atoms with Crippen molar-refractivity contribution in [1.82, 2.24) is 10.2 Å². The fourth-order valence-electron chi connectivity index (χ4n) is 2.56. The quantitative estimate of drug-likeness (QED) is 0.922. The summed E-state index contributed by atoms with van der Waals surface area (Å²) >= 11 is 3.22. The molecular weight excluding hydrogens is 295 g/mol. The smallest absolute Gasteiger partial charge is 0.137 e. The van der Waals surface area contributed by atoms with E-state index in [0.29, 0.717) is 16.4 Å². The van der Waals surface area contributed by atoms with Crippen molar-refractivity contribution in [1.29, 1.82) is 0 Å². The third-order valence-corrected chi connectivity index (χ3v) is 4.27. The third-order valence-electron chi connectivity index (χ3n) is 3.66. The van der Waals surface area contributed by atoms with Gasteiger partial charge in [-0.05, 0) is 59.6 Å². The first-order valence-corrected chi connectivity index (χ1v) is 7.21. The molecule has 0 bridgehead atoms. The van der Waals surface area contributed by atoms with E-state index in [1.807, 2.05) is 12.1 Å². The van der Waals surface area contributed by atoms with Crippen LogP contribution in [-0.2, 0) is 6.54 Å². The van der Waals surface area contributed by atoms with Crippen LogP contribution in [0, 0.1) is 11.7 Å². The molecule has 1 heterocycles. The molecule has 2 atom stereocenters. The van der Waals surface area contributed by atoms with Crippen molar-refractivity contribution in [2.24, 2.45) is 5.92 Å². The topological polar surface area (TPSA) is 15.3 Å². The summed E-state index contributed by atoms with van der Waals surface area (Å²) in [6.45, 7) is 5.38. The van der Waals surface area contributed by atoms with Crippen LogP contribution in [-0.4, -0.2) is 31.1 Å². The Morgan fingerprint density at radius 3 is 2.94 bits per heavy atom. The minimum absolute atomic E-state index is 0.202. The van der Waals surface area contributed by atoms with Crippen LogP contribution >= 0.6 is 15.9 Å². The van der Waals surface area contributed by atoms with Crippen molar-refractivity contribution >= 4 is 15.9 Å². The largest absolute Gasteiger partial charge is 0.310 e. The maximum atomic E-state index is 13.1. The molecule has 2 unspecified atom stereocenters. The minimum atomic E-state index is -0.202. The van der Waals surface area contributed by atoms with Gasteiger partial charge in [0.1, 0.15) is 5.82 Å². The van der Waals surface area contributed by atoms with Gasteiger partial charge in [0, 0.05) is 19.1 Å². The lowest BCUT2D eigenvalue weighted by atomic mass is 9.94. The first-order valence-electron chi connectivity index (χ1n) is 6.42. The van der Waals surface area contributed by atoms with Crippen LogP contribution in [0.4, 0.5) is 4.39 Å². The average molecular weight is 315 g/mol. The van der Waals surface area contributed by atoms with Crippen molar-refractivity contribution < 1.29 is 4.39 Å². The molecule has 1 aliphatic rings. The van der Waals surface area contributed by atoms with Gasteiger partial charge in [0.25, 0.3) is 0 Å². The number of halogens is 2. The molecule has 1 aromatic rings. The number of likely N-dealkylation sites (tertiary alicyclic amines) is 1. The summed E-state index contributed by atoms with van der Waals surface area (Å²) in [4.78, 5) is 2.37. The second-order valence-corrected chi connectivity index (χ2v) is 6.12. The Hall–Kier alpha value is -0.450. The highest BCUT2D eigenvalue weighted by Gasteiger charge is 2.23. The summed E-state index contributed by atoms with van der Waals surface area (Å²) in [5, 5.41) is 3.58. The van der Waals surface area contributed by atoms with Gasteiger partial charge < -0.3 is 10.2 Å². The van der Waals surface area contributed by atoms with Gasteiger partial charge in [0.15, 0.2) is 0 Å². The fourth-order valence-corrected chi connectivity index (χ4v) is 2.98. The van der Waals surface area contributed by atoms with E-state index >= 15 is 0 Å². The number of nitrogens with one attached hydrogen (secondary N) is 1. The maximum Gasteiger partial charge on any atom is 0.137 e. The molecular formula is C14H20BrFN2. The van der Waals surface area contributed by atoms with Crippen molar-refractivity contribution in [3.8, 4) is 0 Å². The lowest BCUT2D eigenvalue weighted by molar-refractivity contribution is 0.174. The maximum absolute atomic E-state index is 13.1. The molecule has 0 amide bonds. The van der Waals surface area contributed by atoms with E-state index in [9.17, 15) is 4.39 Å². The molecule has 0 aliphatic carbocycles. The minimum Gasteiger partial charge on any atom is -0.310 e. The molecule has 0 saturated carbocycles. The number of nitrogens with zero attached hydrogens (tertiary/aromatic N) is 1. The summed E-state index contributed by atoms with van der Waals surface area (Å²) in [7, 11) is 2.17. The normalized spacial score (nSPS) is 25.3. The van der Waals surface area contributed by atoms with Crippen LogP contribution in [0.2, 0.25) is 0 Å². The van der Waals surface area contributed by atoms with Crippen LogP contribution in [0.5, 0.6) is 0 Å². The number of piperidine rings is 1. The summed E-state index contributed by atoms with van der Waals surface area (Å²) in [6, 6.07) is 5.76. The first kappa shape index (κ1) is 14.0. The SMILES string of the molecule is CC1CN(C)CCC1NCc1ccc(F)c(Br)c1. The van der Waals surface area contributed by atoms with Crippen LogP contribution in [0.25, 0.3) is 0 Å². The standard InChI is InChI=1S/C14H20BrFN2/c1-10-9-18(2)6-5-14(10)17-8-11-3-4-13(16)12(15)7-11/h3-4,7,10,14,17H,5-6,8-9H2,1-2H3. The molecule has 1 saturated heterocycles. The molecule has 0 aromatic heterocycles. The summed E-state index contributed by atoms with van der Waals surface area (Å²) in [5.74, 6) is 0.457. The predicted molar refractivity (Wildman–Crippen MR) is 76.0 cm³/mol. The van der Waals surface area contributed by atoms with Crippen LogP contribution < -0.4 is 5.32 Å². The van der Waals surface area contributed by atoms with Gasteiger partial charge in [-0.3, -0.25) is 0 Å². The highest BCUT2D eigenvalue weighted by atomic mass is 79.9. The number of hydrogen-bond donors (Lipinski definition) is 1. The molecule has 0 radical (unpaired) electrons. The van der Waals surface area contributed by atoms with E-state index in [1.54, 1.807) is 0 Å². The molecule has 2 rings (SSSR count). The number of hydrogen-bond acceptors (Lipinski definition) is 2. The van der Waals surface area contributed by atoms with Gasteiger partial charge in [-0.15, -0.1) is 0 Å². The molecule has 4 heteroatoms. The lowest BCUT2D eigenvalue weighted by Gasteiger charge is -2.35. The molecule has 2 nitrogen and oxygen atoms in total. The van der Waals surface area contributed by atoms with Gasteiger partial charge in [-0.25, -0.2) is 4.39 Å². The molecule has 1 N–H and O–H groups in total. The van der Waals surface area contributed by atoms with Gasteiger partial charge in [0.05, 0.1) is 4.47 Å². The van der Waals surface area contributed by atoms with Crippen molar-refractivity contribution in [3.63, 3.8) is 0 Å². The van der Waals surface area contributed by atoms with Crippen molar-refractivity contribution in [3.05, 3.63) is 34.1 Å². The second kappa shape index (κ2) is 6.13. The molecule has 18 heavy (non-hydrogen) atoms. The Labute approximate surface area is 117 Å². The molecule has 1 aliphatic heterocycles. The summed E-state index contributed by atoms with van der Waals surface area (Å²) < 4.78 is 13.7. The number of rotatable bonds is 3. The molecule has 1 aromatic carbocycles. The highest BCUT2D eigenvalue weighted by molar-refractivity contribution is 9.10. The fraction of sp³-hybridized carbons (Fsp3) is 0.571. The first-order chi connectivity index (χ1) is 8.56. The van der Waals surface area contributed by atoms with E-state index in [1.165, 1.54) is 12.5 Å². The van der Waals surface area contributed by atoms with Gasteiger partial charge in [0.2, 0.25) is 0 Å². The zero-order valence-corrected chi connectivity index (χ0v) is 12.5. The Morgan fingerprint density at radius 2 is 2.28 bits per heavy atom. The predicted octanol–water partition coefficient (Wildman–Crippen LogP) is 3.02. The highest BCUT2D eigenvalue weighted by Crippen LogP contribution is 2.19. The van der Waals surface area contributed by atoms with Gasteiger partial charge >= 0.3 is 0 Å². The van der Waals surface area contributed by atoms with Gasteiger partial charge in [-0.1, -0.05) is 13.0 Å². The van der Waals surface area contributed by atoms with Crippen LogP contribution in [0.3, 0.4) is 0 Å². The van der Waals surface area contributed by atoms with E-state index in [0.717, 1.165) is 25.2 Å². The average Bonchev–Trinajstić information content (AvgIpc) is 2.32. The Kier molecular flexibility index (Phi) is 4.76. The third kappa shape index (κ3) is 3.53. The Bertz CT molecular complexity index is 411. The zero-order chi connectivity index (χ0) is 13.1. The second-order valence-electron chi connectivity index (χ2n) is 5.26. The summed E-state index contributed by atoms with van der Waals surface area (Å²) in [5.41, 5.74) is 1.12. The molecule has 100 valence electrons. The Morgan fingerprint density at radius 1 is 1.50 bits per heavy atom. The zero-order valence-electron chi connectivity index (χ0n) is 10.9. The molecule has 0 spiro atoms. The lowest BCUT2D eigenvalue weighted by Crippen LogP contribution is -2.46. The van der Waals surface area contributed by atoms with Crippen LogP contribution in [0.15, 0.2) is 22.7 Å². The van der Waals surface area contributed by atoms with E-state index < -0.39 is 0 Å². The summed E-state index contributed by atoms with van der Waals surface area (Å²) in [6.07, 6.45) is 1.18. The monoisotopic (exact) mass is 314 g/mol. The van der Waals surface area contributed by atoms with Gasteiger partial charge in [-0.2, -0.15) is 0 Å². The van der Waals surface area contributed by atoms with E-state index in [-0.39, 0.29) is 5.82 Å². The van der Waals surface area contributed by atoms with Crippen LogP contribution in [0.1, 0.15) is 18.9 Å².